The molecule has 1 amide bonds. The monoisotopic (exact) mass is 253 g/mol. The van der Waals surface area contributed by atoms with E-state index in [-0.39, 0.29) is 24.3 Å². The van der Waals surface area contributed by atoms with Gasteiger partial charge in [-0.1, -0.05) is 0 Å². The first kappa shape index (κ1) is 13.8. The minimum atomic E-state index is -0.982. The third kappa shape index (κ3) is 3.38. The largest absolute Gasteiger partial charge is 0.507 e. The van der Waals surface area contributed by atoms with E-state index in [0.29, 0.717) is 5.75 Å². The minimum absolute atomic E-state index is 0.0742. The number of amides is 1. The van der Waals surface area contributed by atoms with Crippen LogP contribution < -0.4 is 4.74 Å². The number of hydrogen-bond acceptors (Lipinski definition) is 4. The van der Waals surface area contributed by atoms with Gasteiger partial charge >= 0.3 is 5.97 Å². The average Bonchev–Trinajstić information content (AvgIpc) is 2.35. The molecule has 1 aromatic rings. The molecule has 18 heavy (non-hydrogen) atoms. The SMILES string of the molecule is COc1ccc(O)c(C(=O)N(C)CCC(=O)O)c1. The quantitative estimate of drug-likeness (QED) is 0.815. The van der Waals surface area contributed by atoms with Crippen molar-refractivity contribution in [2.24, 2.45) is 0 Å². The minimum Gasteiger partial charge on any atom is -0.507 e. The van der Waals surface area contributed by atoms with E-state index in [4.69, 9.17) is 9.84 Å². The summed E-state index contributed by atoms with van der Waals surface area (Å²) in [5.74, 6) is -1.15. The smallest absolute Gasteiger partial charge is 0.305 e. The summed E-state index contributed by atoms with van der Waals surface area (Å²) in [6, 6.07) is 4.30. The van der Waals surface area contributed by atoms with Crippen molar-refractivity contribution in [1.82, 2.24) is 4.90 Å². The van der Waals surface area contributed by atoms with E-state index in [1.807, 2.05) is 0 Å². The Balaban J connectivity index is 2.85. The highest BCUT2D eigenvalue weighted by Crippen LogP contribution is 2.23. The van der Waals surface area contributed by atoms with Gasteiger partial charge in [0.05, 0.1) is 19.1 Å². The molecule has 0 aliphatic carbocycles. The number of hydrogen-bond donors (Lipinski definition) is 2. The van der Waals surface area contributed by atoms with E-state index in [1.165, 1.54) is 37.3 Å². The molecule has 0 atom stereocenters. The molecule has 0 unspecified atom stereocenters. The Hall–Kier alpha value is -2.24. The van der Waals surface area contributed by atoms with E-state index in [0.717, 1.165) is 0 Å². The van der Waals surface area contributed by atoms with Crippen LogP contribution in [-0.4, -0.2) is 47.7 Å². The predicted molar refractivity (Wildman–Crippen MR) is 63.9 cm³/mol. The number of carboxylic acids is 1. The molecule has 0 bridgehead atoms. The molecule has 1 rings (SSSR count). The molecular weight excluding hydrogens is 238 g/mol. The first-order chi connectivity index (χ1) is 8.45. The van der Waals surface area contributed by atoms with Crippen LogP contribution in [0.1, 0.15) is 16.8 Å². The number of aliphatic carboxylic acids is 1. The Morgan fingerprint density at radius 2 is 2.06 bits per heavy atom. The highest BCUT2D eigenvalue weighted by Gasteiger charge is 2.17. The average molecular weight is 253 g/mol. The fourth-order valence-electron chi connectivity index (χ4n) is 1.38. The van der Waals surface area contributed by atoms with Gasteiger partial charge in [-0.25, -0.2) is 0 Å². The number of phenols is 1. The van der Waals surface area contributed by atoms with Gasteiger partial charge in [0.25, 0.3) is 5.91 Å². The van der Waals surface area contributed by atoms with Gasteiger partial charge in [0, 0.05) is 13.6 Å². The molecule has 0 spiro atoms. The van der Waals surface area contributed by atoms with Crippen LogP contribution in [0, 0.1) is 0 Å². The number of nitrogens with zero attached hydrogens (tertiary/aromatic N) is 1. The lowest BCUT2D eigenvalue weighted by atomic mass is 10.1. The summed E-state index contributed by atoms with van der Waals surface area (Å²) in [6.45, 7) is 0.0742. The van der Waals surface area contributed by atoms with Crippen LogP contribution in [-0.2, 0) is 4.79 Å². The fraction of sp³-hybridized carbons (Fsp3) is 0.333. The molecular formula is C12H15NO5. The van der Waals surface area contributed by atoms with Gasteiger partial charge in [0.15, 0.2) is 0 Å². The second-order valence-corrected chi connectivity index (χ2v) is 3.75. The molecule has 0 saturated heterocycles. The number of carboxylic acid groups (broad SMARTS) is 1. The summed E-state index contributed by atoms with van der Waals surface area (Å²) in [6.07, 6.45) is -0.146. The Morgan fingerprint density at radius 1 is 1.39 bits per heavy atom. The molecule has 6 nitrogen and oxygen atoms in total. The van der Waals surface area contributed by atoms with E-state index in [9.17, 15) is 14.7 Å². The van der Waals surface area contributed by atoms with Crippen molar-refractivity contribution in [3.05, 3.63) is 23.8 Å². The van der Waals surface area contributed by atoms with Crippen LogP contribution in [0.25, 0.3) is 0 Å². The summed E-state index contributed by atoms with van der Waals surface area (Å²) in [5.41, 5.74) is 0.0854. The van der Waals surface area contributed by atoms with Crippen LogP contribution in [0.5, 0.6) is 11.5 Å². The number of carbonyl (C=O) groups excluding carboxylic acids is 1. The highest BCUT2D eigenvalue weighted by atomic mass is 16.5. The van der Waals surface area contributed by atoms with Gasteiger partial charge in [-0.15, -0.1) is 0 Å². The first-order valence-electron chi connectivity index (χ1n) is 5.30. The molecule has 6 heteroatoms. The topological polar surface area (TPSA) is 87.1 Å². The number of methoxy groups -OCH3 is 1. The zero-order valence-electron chi connectivity index (χ0n) is 10.2. The number of benzene rings is 1. The van der Waals surface area contributed by atoms with Gasteiger partial charge in [-0.2, -0.15) is 0 Å². The predicted octanol–water partition coefficient (Wildman–Crippen LogP) is 0.948. The third-order valence-electron chi connectivity index (χ3n) is 2.44. The van der Waals surface area contributed by atoms with Crippen LogP contribution in [0.4, 0.5) is 0 Å². The van der Waals surface area contributed by atoms with Crippen molar-refractivity contribution in [3.8, 4) is 11.5 Å². The van der Waals surface area contributed by atoms with Crippen LogP contribution in [0.15, 0.2) is 18.2 Å². The molecule has 0 fully saturated rings. The van der Waals surface area contributed by atoms with Crippen molar-refractivity contribution in [2.45, 2.75) is 6.42 Å². The zero-order chi connectivity index (χ0) is 13.7. The second-order valence-electron chi connectivity index (χ2n) is 3.75. The van der Waals surface area contributed by atoms with E-state index >= 15 is 0 Å². The van der Waals surface area contributed by atoms with Crippen molar-refractivity contribution in [3.63, 3.8) is 0 Å². The van der Waals surface area contributed by atoms with Gasteiger partial charge in [-0.3, -0.25) is 9.59 Å². The maximum Gasteiger partial charge on any atom is 0.305 e. The van der Waals surface area contributed by atoms with Gasteiger partial charge in [0.1, 0.15) is 11.5 Å². The summed E-state index contributed by atoms with van der Waals surface area (Å²) >= 11 is 0. The Bertz CT molecular complexity index is 458. The lowest BCUT2D eigenvalue weighted by Gasteiger charge is -2.17. The third-order valence-corrected chi connectivity index (χ3v) is 2.44. The molecule has 0 aliphatic heterocycles. The molecule has 0 aliphatic rings. The Kier molecular flexibility index (Phi) is 4.53. The lowest BCUT2D eigenvalue weighted by Crippen LogP contribution is -2.29. The summed E-state index contributed by atoms with van der Waals surface area (Å²) < 4.78 is 4.96. The van der Waals surface area contributed by atoms with E-state index in [1.54, 1.807) is 0 Å². The van der Waals surface area contributed by atoms with E-state index < -0.39 is 11.9 Å². The molecule has 0 saturated carbocycles. The summed E-state index contributed by atoms with van der Waals surface area (Å²) in [7, 11) is 2.93. The van der Waals surface area contributed by atoms with Crippen molar-refractivity contribution in [2.75, 3.05) is 20.7 Å². The number of phenolic OH excluding ortho intramolecular Hbond substituents is 1. The number of aromatic hydroxyl groups is 1. The number of rotatable bonds is 5. The zero-order valence-corrected chi connectivity index (χ0v) is 10.2. The van der Waals surface area contributed by atoms with Gasteiger partial charge in [-0.05, 0) is 18.2 Å². The molecule has 1 aromatic carbocycles. The Labute approximate surface area is 104 Å². The summed E-state index contributed by atoms with van der Waals surface area (Å²) in [5, 5.41) is 18.2. The number of ether oxygens (including phenoxy) is 1. The Morgan fingerprint density at radius 3 is 2.61 bits per heavy atom. The highest BCUT2D eigenvalue weighted by molar-refractivity contribution is 5.97. The lowest BCUT2D eigenvalue weighted by molar-refractivity contribution is -0.137. The van der Waals surface area contributed by atoms with Crippen molar-refractivity contribution >= 4 is 11.9 Å². The fourth-order valence-corrected chi connectivity index (χ4v) is 1.38. The van der Waals surface area contributed by atoms with Crippen molar-refractivity contribution in [1.29, 1.82) is 0 Å². The normalized spacial score (nSPS) is 9.89. The standard InChI is InChI=1S/C12H15NO5/c1-13(6-5-11(15)16)12(17)9-7-8(18-2)3-4-10(9)14/h3-4,7,14H,5-6H2,1-2H3,(H,15,16). The van der Waals surface area contributed by atoms with Crippen LogP contribution in [0.2, 0.25) is 0 Å². The summed E-state index contributed by atoms with van der Waals surface area (Å²) in [4.78, 5) is 23.6. The maximum atomic E-state index is 12.0. The molecule has 0 radical (unpaired) electrons. The number of carbonyl (C=O) groups is 2. The van der Waals surface area contributed by atoms with Crippen molar-refractivity contribution < 1.29 is 24.5 Å². The molecule has 0 heterocycles. The van der Waals surface area contributed by atoms with Crippen LogP contribution >= 0.6 is 0 Å². The molecule has 0 aromatic heterocycles. The van der Waals surface area contributed by atoms with Gasteiger partial charge in [0.2, 0.25) is 0 Å². The van der Waals surface area contributed by atoms with Crippen LogP contribution in [0.3, 0.4) is 0 Å². The molecule has 2 N–H and O–H groups in total. The van der Waals surface area contributed by atoms with E-state index in [2.05, 4.69) is 0 Å². The maximum absolute atomic E-state index is 12.0. The first-order valence-corrected chi connectivity index (χ1v) is 5.30. The molecule has 98 valence electrons. The van der Waals surface area contributed by atoms with Gasteiger partial charge < -0.3 is 19.8 Å². The second kappa shape index (κ2) is 5.90.